The lowest BCUT2D eigenvalue weighted by atomic mass is 10.1. The molecule has 1 saturated heterocycles. The number of fused-ring (bicyclic) bond motifs is 1. The summed E-state index contributed by atoms with van der Waals surface area (Å²) in [6, 6.07) is 3.83. The van der Waals surface area contributed by atoms with Crippen LogP contribution in [-0.4, -0.2) is 35.3 Å². The van der Waals surface area contributed by atoms with Crippen molar-refractivity contribution in [2.45, 2.75) is 25.8 Å². The number of hydrogen-bond donors (Lipinski definition) is 2. The number of nitrogens with two attached hydrogens (primary N) is 1. The predicted molar refractivity (Wildman–Crippen MR) is 86.8 cm³/mol. The van der Waals surface area contributed by atoms with E-state index < -0.39 is 0 Å². The number of pyridine rings is 1. The number of nitrogens with one attached hydrogen (secondary N) is 1. The number of aromatic nitrogens is 1. The van der Waals surface area contributed by atoms with Gasteiger partial charge >= 0.3 is 0 Å². The molecule has 2 aromatic rings. The third-order valence-corrected chi connectivity index (χ3v) is 5.16. The molecular weight excluding hydrogens is 300 g/mol. The molecule has 0 saturated carbocycles. The first-order valence-electron chi connectivity index (χ1n) is 7.21. The van der Waals surface area contributed by atoms with Crippen molar-refractivity contribution in [1.29, 1.82) is 0 Å². The highest BCUT2D eigenvalue weighted by molar-refractivity contribution is 7.21. The largest absolute Gasteiger partial charge is 0.397 e. The van der Waals surface area contributed by atoms with Crippen LogP contribution < -0.4 is 11.1 Å². The van der Waals surface area contributed by atoms with E-state index in [9.17, 15) is 9.59 Å². The maximum Gasteiger partial charge on any atom is 0.263 e. The Morgan fingerprint density at radius 2 is 2.23 bits per heavy atom. The molecule has 1 atom stereocenters. The maximum absolute atomic E-state index is 11.8. The molecule has 0 radical (unpaired) electrons. The van der Waals surface area contributed by atoms with Crippen LogP contribution in [0, 0.1) is 0 Å². The number of carbonyl (C=O) groups is 2. The first-order valence-corrected chi connectivity index (χ1v) is 8.02. The normalized spacial score (nSPS) is 17.9. The molecule has 3 rings (SSSR count). The minimum absolute atomic E-state index is 0.0219. The Hall–Kier alpha value is -2.15. The van der Waals surface area contributed by atoms with E-state index in [1.807, 2.05) is 17.0 Å². The standard InChI is InChI=1S/C15H18N4O2S/c1-8(20)19-7-3-4-11(19)10-6-5-9-12(16)13(14(21)17-2)22-15(9)18-10/h5-6,11H,3-4,7,16H2,1-2H3,(H,17,21). The lowest BCUT2D eigenvalue weighted by Crippen LogP contribution is -2.28. The zero-order valence-corrected chi connectivity index (χ0v) is 13.4. The Bertz CT molecular complexity index is 755. The third-order valence-electron chi connectivity index (χ3n) is 4.05. The van der Waals surface area contributed by atoms with Gasteiger partial charge in [-0.05, 0) is 25.0 Å². The summed E-state index contributed by atoms with van der Waals surface area (Å²) in [6.07, 6.45) is 1.90. The Morgan fingerprint density at radius 1 is 1.45 bits per heavy atom. The van der Waals surface area contributed by atoms with E-state index >= 15 is 0 Å². The molecule has 0 aromatic carbocycles. The first-order chi connectivity index (χ1) is 10.5. The minimum Gasteiger partial charge on any atom is -0.397 e. The molecule has 6 nitrogen and oxygen atoms in total. The van der Waals surface area contributed by atoms with Gasteiger partial charge in [-0.25, -0.2) is 4.98 Å². The van der Waals surface area contributed by atoms with E-state index in [0.29, 0.717) is 10.6 Å². The van der Waals surface area contributed by atoms with Crippen LogP contribution in [-0.2, 0) is 4.79 Å². The van der Waals surface area contributed by atoms with Crippen molar-refractivity contribution in [2.24, 2.45) is 0 Å². The molecular formula is C15H18N4O2S. The zero-order valence-electron chi connectivity index (χ0n) is 12.5. The molecule has 22 heavy (non-hydrogen) atoms. The minimum atomic E-state index is -0.201. The summed E-state index contributed by atoms with van der Waals surface area (Å²) in [5, 5.41) is 3.38. The van der Waals surface area contributed by atoms with E-state index in [0.717, 1.165) is 35.3 Å². The quantitative estimate of drug-likeness (QED) is 0.885. The number of likely N-dealkylation sites (tertiary alicyclic amines) is 1. The van der Waals surface area contributed by atoms with Crippen molar-refractivity contribution in [3.63, 3.8) is 0 Å². The number of hydrogen-bond acceptors (Lipinski definition) is 5. The molecule has 2 aromatic heterocycles. The van der Waals surface area contributed by atoms with Crippen LogP contribution in [0.15, 0.2) is 12.1 Å². The molecule has 1 aliphatic heterocycles. The van der Waals surface area contributed by atoms with Crippen LogP contribution in [0.2, 0.25) is 0 Å². The topological polar surface area (TPSA) is 88.3 Å². The van der Waals surface area contributed by atoms with Crippen LogP contribution in [0.1, 0.15) is 41.2 Å². The summed E-state index contributed by atoms with van der Waals surface area (Å²) in [7, 11) is 1.58. The Balaban J connectivity index is 2.03. The van der Waals surface area contributed by atoms with Gasteiger partial charge in [0.1, 0.15) is 9.71 Å². The van der Waals surface area contributed by atoms with Gasteiger partial charge in [0.25, 0.3) is 5.91 Å². The Labute approximate surface area is 132 Å². The number of rotatable bonds is 2. The molecule has 1 fully saturated rings. The van der Waals surface area contributed by atoms with Gasteiger partial charge in [-0.1, -0.05) is 0 Å². The molecule has 2 amide bonds. The number of nitrogens with zero attached hydrogens (tertiary/aromatic N) is 2. The second-order valence-electron chi connectivity index (χ2n) is 5.38. The Morgan fingerprint density at radius 3 is 2.91 bits per heavy atom. The van der Waals surface area contributed by atoms with Crippen molar-refractivity contribution in [3.8, 4) is 0 Å². The van der Waals surface area contributed by atoms with Gasteiger partial charge in [-0.2, -0.15) is 0 Å². The highest BCUT2D eigenvalue weighted by Crippen LogP contribution is 2.36. The first kappa shape index (κ1) is 14.8. The second-order valence-corrected chi connectivity index (χ2v) is 6.38. The van der Waals surface area contributed by atoms with Gasteiger partial charge in [0.15, 0.2) is 0 Å². The van der Waals surface area contributed by atoms with Crippen LogP contribution in [0.4, 0.5) is 5.69 Å². The molecule has 1 unspecified atom stereocenters. The number of anilines is 1. The lowest BCUT2D eigenvalue weighted by molar-refractivity contribution is -0.129. The smallest absolute Gasteiger partial charge is 0.263 e. The van der Waals surface area contributed by atoms with Gasteiger partial charge in [0, 0.05) is 25.9 Å². The molecule has 3 N–H and O–H groups in total. The van der Waals surface area contributed by atoms with Crippen LogP contribution in [0.3, 0.4) is 0 Å². The van der Waals surface area contributed by atoms with Crippen molar-refractivity contribution >= 4 is 39.1 Å². The summed E-state index contributed by atoms with van der Waals surface area (Å²) in [4.78, 5) is 31.3. The van der Waals surface area contributed by atoms with E-state index in [1.54, 1.807) is 14.0 Å². The summed E-state index contributed by atoms with van der Waals surface area (Å²) in [6.45, 7) is 2.36. The number of carbonyl (C=O) groups excluding carboxylic acids is 2. The molecule has 116 valence electrons. The fourth-order valence-corrected chi connectivity index (χ4v) is 3.98. The SMILES string of the molecule is CNC(=O)c1sc2nc(C3CCCN3C(C)=O)ccc2c1N. The average Bonchev–Trinajstić information content (AvgIpc) is 3.11. The molecule has 0 aliphatic carbocycles. The lowest BCUT2D eigenvalue weighted by Gasteiger charge is -2.22. The van der Waals surface area contributed by atoms with Gasteiger partial charge in [-0.15, -0.1) is 11.3 Å². The van der Waals surface area contributed by atoms with Gasteiger partial charge < -0.3 is 16.0 Å². The number of nitrogen functional groups attached to an aromatic ring is 1. The fraction of sp³-hybridized carbons (Fsp3) is 0.400. The maximum atomic E-state index is 11.8. The van der Waals surface area contributed by atoms with E-state index in [-0.39, 0.29) is 17.9 Å². The fourth-order valence-electron chi connectivity index (χ4n) is 2.93. The third kappa shape index (κ3) is 2.31. The summed E-state index contributed by atoms with van der Waals surface area (Å²) < 4.78 is 0. The predicted octanol–water partition coefficient (Wildman–Crippen LogP) is 1.92. The van der Waals surface area contributed by atoms with Crippen molar-refractivity contribution in [2.75, 3.05) is 19.3 Å². The summed E-state index contributed by atoms with van der Waals surface area (Å²) in [5.74, 6) is -0.130. The number of thiophene rings is 1. The van der Waals surface area contributed by atoms with E-state index in [2.05, 4.69) is 10.3 Å². The summed E-state index contributed by atoms with van der Waals surface area (Å²) in [5.41, 5.74) is 7.37. The van der Waals surface area contributed by atoms with Crippen LogP contribution >= 0.6 is 11.3 Å². The van der Waals surface area contributed by atoms with E-state index in [4.69, 9.17) is 5.73 Å². The molecule has 3 heterocycles. The second kappa shape index (κ2) is 5.57. The highest BCUT2D eigenvalue weighted by Gasteiger charge is 2.29. The molecule has 0 bridgehead atoms. The zero-order chi connectivity index (χ0) is 15.9. The van der Waals surface area contributed by atoms with Crippen molar-refractivity contribution in [3.05, 3.63) is 22.7 Å². The van der Waals surface area contributed by atoms with Gasteiger partial charge in [-0.3, -0.25) is 9.59 Å². The molecule has 0 spiro atoms. The van der Waals surface area contributed by atoms with Gasteiger partial charge in [0.05, 0.1) is 17.4 Å². The Kier molecular flexibility index (Phi) is 3.74. The van der Waals surface area contributed by atoms with Crippen LogP contribution in [0.25, 0.3) is 10.2 Å². The van der Waals surface area contributed by atoms with E-state index in [1.165, 1.54) is 11.3 Å². The average molecular weight is 318 g/mol. The van der Waals surface area contributed by atoms with Gasteiger partial charge in [0.2, 0.25) is 5.91 Å². The monoisotopic (exact) mass is 318 g/mol. The molecule has 1 aliphatic rings. The van der Waals surface area contributed by atoms with Crippen molar-refractivity contribution in [1.82, 2.24) is 15.2 Å². The van der Waals surface area contributed by atoms with Crippen LogP contribution in [0.5, 0.6) is 0 Å². The van der Waals surface area contributed by atoms with Crippen molar-refractivity contribution < 1.29 is 9.59 Å². The molecule has 7 heteroatoms. The number of amides is 2. The summed E-state index contributed by atoms with van der Waals surface area (Å²) >= 11 is 1.29. The highest BCUT2D eigenvalue weighted by atomic mass is 32.1.